The normalized spacial score (nSPS) is 17.3. The lowest BCUT2D eigenvalue weighted by molar-refractivity contribution is 0.0170. The molecule has 1 saturated heterocycles. The fraction of sp³-hybridized carbons (Fsp3) is 0.632. The van der Waals surface area contributed by atoms with Crippen molar-refractivity contribution in [3.63, 3.8) is 0 Å². The summed E-state index contributed by atoms with van der Waals surface area (Å²) in [5, 5.41) is 6.77. The molecule has 0 bridgehead atoms. The van der Waals surface area contributed by atoms with Crippen molar-refractivity contribution in [1.29, 1.82) is 0 Å². The SMILES string of the molecule is CN=C(NCCCN(C)C)NCC(c1ccc(F)cc1)N1CCOCC1. The minimum absolute atomic E-state index is 0.153. The molecule has 1 fully saturated rings. The summed E-state index contributed by atoms with van der Waals surface area (Å²) in [7, 11) is 5.92. The highest BCUT2D eigenvalue weighted by Crippen LogP contribution is 2.21. The molecule has 1 atom stereocenters. The molecule has 0 radical (unpaired) electrons. The number of nitrogens with zero attached hydrogens (tertiary/aromatic N) is 3. The fourth-order valence-electron chi connectivity index (χ4n) is 3.05. The Labute approximate surface area is 156 Å². The summed E-state index contributed by atoms with van der Waals surface area (Å²) >= 11 is 0. The molecule has 1 aliphatic heterocycles. The quantitative estimate of drug-likeness (QED) is 0.413. The van der Waals surface area contributed by atoms with E-state index in [2.05, 4.69) is 39.5 Å². The van der Waals surface area contributed by atoms with Crippen LogP contribution < -0.4 is 10.6 Å². The number of hydrogen-bond donors (Lipinski definition) is 2. The van der Waals surface area contributed by atoms with Crippen LogP contribution in [0.4, 0.5) is 4.39 Å². The highest BCUT2D eigenvalue weighted by atomic mass is 19.1. The molecular weight excluding hydrogens is 333 g/mol. The molecule has 1 unspecified atom stereocenters. The van der Waals surface area contributed by atoms with Crippen LogP contribution in [0.1, 0.15) is 18.0 Å². The zero-order valence-corrected chi connectivity index (χ0v) is 16.2. The van der Waals surface area contributed by atoms with Crippen LogP contribution in [0.15, 0.2) is 29.3 Å². The van der Waals surface area contributed by atoms with E-state index >= 15 is 0 Å². The van der Waals surface area contributed by atoms with Crippen molar-refractivity contribution >= 4 is 5.96 Å². The van der Waals surface area contributed by atoms with Gasteiger partial charge in [0.05, 0.1) is 19.3 Å². The first-order valence-electron chi connectivity index (χ1n) is 9.26. The second kappa shape index (κ2) is 11.1. The second-order valence-electron chi connectivity index (χ2n) is 6.75. The van der Waals surface area contributed by atoms with Crippen molar-refractivity contribution < 1.29 is 9.13 Å². The van der Waals surface area contributed by atoms with Gasteiger partial charge in [0.15, 0.2) is 5.96 Å². The average molecular weight is 365 g/mol. The number of hydrogen-bond acceptors (Lipinski definition) is 4. The Morgan fingerprint density at radius 1 is 1.23 bits per heavy atom. The number of ether oxygens (including phenoxy) is 1. The third-order valence-electron chi connectivity index (χ3n) is 4.50. The van der Waals surface area contributed by atoms with Gasteiger partial charge in [-0.25, -0.2) is 4.39 Å². The van der Waals surface area contributed by atoms with Gasteiger partial charge in [0, 0.05) is 33.2 Å². The van der Waals surface area contributed by atoms with Gasteiger partial charge < -0.3 is 20.3 Å². The van der Waals surface area contributed by atoms with E-state index in [4.69, 9.17) is 4.74 Å². The molecule has 2 N–H and O–H groups in total. The van der Waals surface area contributed by atoms with Crippen molar-refractivity contribution in [2.75, 3.05) is 67.1 Å². The minimum atomic E-state index is -0.208. The lowest BCUT2D eigenvalue weighted by atomic mass is 10.0. The summed E-state index contributed by atoms with van der Waals surface area (Å²) in [5.74, 6) is 0.588. The highest BCUT2D eigenvalue weighted by Gasteiger charge is 2.23. The van der Waals surface area contributed by atoms with Crippen LogP contribution in [0.5, 0.6) is 0 Å². The Morgan fingerprint density at radius 3 is 2.54 bits per heavy atom. The van der Waals surface area contributed by atoms with E-state index in [1.165, 1.54) is 12.1 Å². The predicted octanol–water partition coefficient (Wildman–Crippen LogP) is 1.32. The largest absolute Gasteiger partial charge is 0.379 e. The lowest BCUT2D eigenvalue weighted by Crippen LogP contribution is -2.46. The number of nitrogens with one attached hydrogen (secondary N) is 2. The van der Waals surface area contributed by atoms with Gasteiger partial charge in [0.25, 0.3) is 0 Å². The zero-order chi connectivity index (χ0) is 18.8. The summed E-state index contributed by atoms with van der Waals surface area (Å²) in [4.78, 5) is 8.85. The summed E-state index contributed by atoms with van der Waals surface area (Å²) < 4.78 is 18.8. The number of aliphatic imine (C=N–C) groups is 1. The number of guanidine groups is 1. The van der Waals surface area contributed by atoms with Gasteiger partial charge in [-0.05, 0) is 44.8 Å². The molecule has 146 valence electrons. The first-order valence-corrected chi connectivity index (χ1v) is 9.26. The summed E-state index contributed by atoms with van der Waals surface area (Å²) in [6.07, 6.45) is 1.05. The van der Waals surface area contributed by atoms with E-state index in [1.54, 1.807) is 7.05 Å². The predicted molar refractivity (Wildman–Crippen MR) is 104 cm³/mol. The fourth-order valence-corrected chi connectivity index (χ4v) is 3.05. The van der Waals surface area contributed by atoms with Gasteiger partial charge >= 0.3 is 0 Å². The zero-order valence-electron chi connectivity index (χ0n) is 16.2. The number of halogens is 1. The van der Waals surface area contributed by atoms with E-state index in [0.717, 1.165) is 57.3 Å². The minimum Gasteiger partial charge on any atom is -0.379 e. The van der Waals surface area contributed by atoms with Gasteiger partial charge in [-0.3, -0.25) is 9.89 Å². The maximum atomic E-state index is 13.3. The van der Waals surface area contributed by atoms with Gasteiger partial charge in [-0.15, -0.1) is 0 Å². The molecule has 2 rings (SSSR count). The highest BCUT2D eigenvalue weighted by molar-refractivity contribution is 5.79. The first-order chi connectivity index (χ1) is 12.6. The van der Waals surface area contributed by atoms with Crippen molar-refractivity contribution in [1.82, 2.24) is 20.4 Å². The maximum absolute atomic E-state index is 13.3. The Balaban J connectivity index is 1.93. The summed E-state index contributed by atoms with van der Waals surface area (Å²) in [6.45, 7) is 5.83. The average Bonchev–Trinajstić information content (AvgIpc) is 2.65. The van der Waals surface area contributed by atoms with E-state index < -0.39 is 0 Å². The molecule has 1 aromatic rings. The van der Waals surface area contributed by atoms with E-state index in [9.17, 15) is 4.39 Å². The molecule has 1 aliphatic rings. The van der Waals surface area contributed by atoms with Crippen molar-refractivity contribution in [3.8, 4) is 0 Å². The number of rotatable bonds is 8. The van der Waals surface area contributed by atoms with Crippen molar-refractivity contribution in [2.24, 2.45) is 4.99 Å². The van der Waals surface area contributed by atoms with Crippen LogP contribution in [0.25, 0.3) is 0 Å². The van der Waals surface area contributed by atoms with Gasteiger partial charge in [0.1, 0.15) is 5.82 Å². The van der Waals surface area contributed by atoms with Crippen molar-refractivity contribution in [3.05, 3.63) is 35.6 Å². The topological polar surface area (TPSA) is 52.1 Å². The molecule has 6 nitrogen and oxygen atoms in total. The van der Waals surface area contributed by atoms with Crippen LogP contribution >= 0.6 is 0 Å². The Bertz CT molecular complexity index is 543. The van der Waals surface area contributed by atoms with E-state index in [0.29, 0.717) is 6.54 Å². The van der Waals surface area contributed by atoms with Crippen LogP contribution in [0, 0.1) is 5.82 Å². The third-order valence-corrected chi connectivity index (χ3v) is 4.50. The van der Waals surface area contributed by atoms with Crippen LogP contribution in [0.2, 0.25) is 0 Å². The summed E-state index contributed by atoms with van der Waals surface area (Å²) in [5.41, 5.74) is 1.10. The first kappa shape index (κ1) is 20.6. The Hall–Kier alpha value is -1.70. The number of morpholine rings is 1. The molecule has 1 aromatic carbocycles. The summed E-state index contributed by atoms with van der Waals surface area (Å²) in [6, 6.07) is 6.93. The van der Waals surface area contributed by atoms with Gasteiger partial charge in [0.2, 0.25) is 0 Å². The lowest BCUT2D eigenvalue weighted by Gasteiger charge is -2.35. The molecule has 7 heteroatoms. The van der Waals surface area contributed by atoms with Gasteiger partial charge in [-0.1, -0.05) is 12.1 Å². The van der Waals surface area contributed by atoms with E-state index in [1.807, 2.05) is 12.1 Å². The molecule has 0 amide bonds. The standard InChI is InChI=1S/C19H32FN5O/c1-21-19(22-9-4-10-24(2)3)23-15-18(25-11-13-26-14-12-25)16-5-7-17(20)8-6-16/h5-8,18H,4,9-15H2,1-3H3,(H2,21,22,23). The smallest absolute Gasteiger partial charge is 0.191 e. The molecule has 0 aliphatic carbocycles. The Morgan fingerprint density at radius 2 is 1.92 bits per heavy atom. The molecule has 26 heavy (non-hydrogen) atoms. The maximum Gasteiger partial charge on any atom is 0.191 e. The molecular formula is C19H32FN5O. The second-order valence-corrected chi connectivity index (χ2v) is 6.75. The number of benzene rings is 1. The van der Waals surface area contributed by atoms with Crippen molar-refractivity contribution in [2.45, 2.75) is 12.5 Å². The molecule has 1 heterocycles. The Kier molecular flexibility index (Phi) is 8.80. The van der Waals surface area contributed by atoms with Crippen LogP contribution in [0.3, 0.4) is 0 Å². The van der Waals surface area contributed by atoms with E-state index in [-0.39, 0.29) is 11.9 Å². The van der Waals surface area contributed by atoms with Crippen LogP contribution in [-0.4, -0.2) is 82.8 Å². The monoisotopic (exact) mass is 365 g/mol. The van der Waals surface area contributed by atoms with Crippen LogP contribution in [-0.2, 0) is 4.74 Å². The molecule has 0 spiro atoms. The molecule has 0 aromatic heterocycles. The van der Waals surface area contributed by atoms with Gasteiger partial charge in [-0.2, -0.15) is 0 Å². The molecule has 0 saturated carbocycles. The third kappa shape index (κ3) is 6.90.